The zero-order valence-electron chi connectivity index (χ0n) is 16.8. The maximum Gasteiger partial charge on any atom is 0.273 e. The number of anilines is 1. The average molecular weight is 482 g/mol. The van der Waals surface area contributed by atoms with Crippen LogP contribution in [0.25, 0.3) is 0 Å². The van der Waals surface area contributed by atoms with Gasteiger partial charge in [-0.1, -0.05) is 35.3 Å². The van der Waals surface area contributed by atoms with Crippen LogP contribution in [0.1, 0.15) is 28.9 Å². The van der Waals surface area contributed by atoms with E-state index >= 15 is 0 Å². The van der Waals surface area contributed by atoms with Crippen LogP contribution in [0.5, 0.6) is 0 Å². The molecule has 1 amide bonds. The van der Waals surface area contributed by atoms with E-state index in [0.717, 1.165) is 18.4 Å². The van der Waals surface area contributed by atoms with Crippen molar-refractivity contribution in [1.29, 1.82) is 0 Å². The van der Waals surface area contributed by atoms with Crippen molar-refractivity contribution in [2.24, 2.45) is 7.05 Å². The molecule has 0 radical (unpaired) electrons. The van der Waals surface area contributed by atoms with Crippen LogP contribution in [0.15, 0.2) is 47.6 Å². The van der Waals surface area contributed by atoms with E-state index < -0.39 is 15.9 Å². The maximum atomic E-state index is 12.9. The van der Waals surface area contributed by atoms with Crippen molar-refractivity contribution in [3.63, 3.8) is 0 Å². The fourth-order valence-corrected chi connectivity index (χ4v) is 5.52. The third kappa shape index (κ3) is 4.36. The summed E-state index contributed by atoms with van der Waals surface area (Å²) < 4.78 is 30.1. The molecule has 1 saturated heterocycles. The second-order valence-corrected chi connectivity index (χ2v) is 10.0. The van der Waals surface area contributed by atoms with Crippen molar-refractivity contribution in [2.45, 2.75) is 24.3 Å². The number of aromatic nitrogens is 3. The van der Waals surface area contributed by atoms with Crippen molar-refractivity contribution in [2.75, 3.05) is 18.4 Å². The van der Waals surface area contributed by atoms with Gasteiger partial charge in [-0.15, -0.1) is 0 Å². The van der Waals surface area contributed by atoms with E-state index in [1.807, 2.05) is 6.07 Å². The van der Waals surface area contributed by atoms with Crippen LogP contribution in [0.3, 0.4) is 0 Å². The number of nitrogens with one attached hydrogen (secondary N) is 1. The highest BCUT2D eigenvalue weighted by Crippen LogP contribution is 2.27. The van der Waals surface area contributed by atoms with E-state index in [9.17, 15) is 13.2 Å². The fourth-order valence-electron chi connectivity index (χ4n) is 3.56. The summed E-state index contributed by atoms with van der Waals surface area (Å²) in [5, 5.41) is 7.90. The molecule has 1 aliphatic rings. The number of nitrogens with zero attached hydrogens (tertiary/aromatic N) is 4. The van der Waals surface area contributed by atoms with Crippen molar-refractivity contribution in [3.8, 4) is 0 Å². The first kappa shape index (κ1) is 21.9. The van der Waals surface area contributed by atoms with E-state index in [-0.39, 0.29) is 10.6 Å². The van der Waals surface area contributed by atoms with Gasteiger partial charge in [0.25, 0.3) is 5.91 Å². The average Bonchev–Trinajstić information content (AvgIpc) is 3.47. The summed E-state index contributed by atoms with van der Waals surface area (Å²) in [4.78, 5) is 13.0. The van der Waals surface area contributed by atoms with E-state index in [1.165, 1.54) is 21.1 Å². The number of halogens is 2. The van der Waals surface area contributed by atoms with Crippen LogP contribution in [-0.4, -0.2) is 46.1 Å². The number of hydrogen-bond acceptors (Lipinski definition) is 4. The molecule has 0 bridgehead atoms. The first-order valence-electron chi connectivity index (χ1n) is 9.70. The van der Waals surface area contributed by atoms with Crippen molar-refractivity contribution in [1.82, 2.24) is 18.7 Å². The summed E-state index contributed by atoms with van der Waals surface area (Å²) >= 11 is 12.3. The monoisotopic (exact) mass is 481 g/mol. The molecule has 3 aromatic rings. The minimum atomic E-state index is -3.61. The maximum absolute atomic E-state index is 12.9. The quantitative estimate of drug-likeness (QED) is 0.582. The van der Waals surface area contributed by atoms with Gasteiger partial charge in [0.2, 0.25) is 10.0 Å². The molecule has 1 N–H and O–H groups in total. The number of carbonyl (C=O) groups is 1. The summed E-state index contributed by atoms with van der Waals surface area (Å²) in [5.74, 6) is 0.00973. The zero-order chi connectivity index (χ0) is 22.2. The van der Waals surface area contributed by atoms with Gasteiger partial charge in [0.15, 0.2) is 0 Å². The number of benzene rings is 1. The summed E-state index contributed by atoms with van der Waals surface area (Å²) in [6.45, 7) is 1.32. The standard InChI is InChI=1S/C20H21Cl2N5O3S/c1-25-13-15(31(29,30)26-9-2-3-10-26)11-17(25)20(28)24-18-7-8-23-27(18)12-14-5-4-6-16(21)19(14)22/h4-8,11,13H,2-3,9-10,12H2,1H3,(H,24,28). The Morgan fingerprint density at radius 2 is 1.94 bits per heavy atom. The lowest BCUT2D eigenvalue weighted by molar-refractivity contribution is 0.101. The molecule has 0 spiro atoms. The largest absolute Gasteiger partial charge is 0.345 e. The number of sulfonamides is 1. The van der Waals surface area contributed by atoms with Gasteiger partial charge < -0.3 is 9.88 Å². The molecule has 31 heavy (non-hydrogen) atoms. The molecule has 2 aromatic heterocycles. The predicted octanol–water partition coefficient (Wildman–Crippen LogP) is 3.61. The molecule has 4 rings (SSSR count). The summed E-state index contributed by atoms with van der Waals surface area (Å²) in [6.07, 6.45) is 4.72. The molecule has 1 fully saturated rings. The second-order valence-electron chi connectivity index (χ2n) is 7.32. The van der Waals surface area contributed by atoms with Crippen LogP contribution >= 0.6 is 23.2 Å². The van der Waals surface area contributed by atoms with Crippen molar-refractivity contribution < 1.29 is 13.2 Å². The molecule has 3 heterocycles. The second kappa shape index (κ2) is 8.66. The third-order valence-corrected chi connectivity index (χ3v) is 7.95. The Kier molecular flexibility index (Phi) is 6.11. The zero-order valence-corrected chi connectivity index (χ0v) is 19.1. The molecule has 11 heteroatoms. The number of carbonyl (C=O) groups excluding carboxylic acids is 1. The molecular formula is C20H21Cl2N5O3S. The van der Waals surface area contributed by atoms with Gasteiger partial charge in [0.05, 0.1) is 22.8 Å². The van der Waals surface area contributed by atoms with Gasteiger partial charge in [0.1, 0.15) is 16.4 Å². The summed E-state index contributed by atoms with van der Waals surface area (Å²) in [6, 6.07) is 8.37. The highest BCUT2D eigenvalue weighted by Gasteiger charge is 2.29. The molecule has 0 aliphatic carbocycles. The third-order valence-electron chi connectivity index (χ3n) is 5.23. The van der Waals surface area contributed by atoms with Crippen molar-refractivity contribution >= 4 is 45.0 Å². The van der Waals surface area contributed by atoms with Gasteiger partial charge in [0, 0.05) is 32.4 Å². The van der Waals surface area contributed by atoms with E-state index in [4.69, 9.17) is 23.2 Å². The van der Waals surface area contributed by atoms with Gasteiger partial charge in [-0.2, -0.15) is 9.40 Å². The van der Waals surface area contributed by atoms with E-state index in [2.05, 4.69) is 10.4 Å². The lowest BCUT2D eigenvalue weighted by atomic mass is 10.2. The Bertz CT molecular complexity index is 1230. The van der Waals surface area contributed by atoms with Crippen LogP contribution in [0.4, 0.5) is 5.82 Å². The summed E-state index contributed by atoms with van der Waals surface area (Å²) in [7, 11) is -1.97. The summed E-state index contributed by atoms with van der Waals surface area (Å²) in [5.41, 5.74) is 0.984. The molecule has 0 atom stereocenters. The molecule has 1 aromatic carbocycles. The number of aryl methyl sites for hydroxylation is 1. The van der Waals surface area contributed by atoms with Gasteiger partial charge in [-0.05, 0) is 30.5 Å². The Labute approximate surface area is 190 Å². The Morgan fingerprint density at radius 1 is 1.19 bits per heavy atom. The van der Waals surface area contributed by atoms with E-state index in [1.54, 1.807) is 36.1 Å². The van der Waals surface area contributed by atoms with Gasteiger partial charge in [-0.25, -0.2) is 13.1 Å². The van der Waals surface area contributed by atoms with Crippen LogP contribution in [-0.2, 0) is 23.6 Å². The van der Waals surface area contributed by atoms with Crippen LogP contribution in [0.2, 0.25) is 10.0 Å². The van der Waals surface area contributed by atoms with Crippen molar-refractivity contribution in [3.05, 3.63) is 64.0 Å². The van der Waals surface area contributed by atoms with Gasteiger partial charge >= 0.3 is 0 Å². The SMILES string of the molecule is Cn1cc(S(=O)(=O)N2CCCC2)cc1C(=O)Nc1ccnn1Cc1cccc(Cl)c1Cl. The van der Waals surface area contributed by atoms with Gasteiger partial charge in [-0.3, -0.25) is 4.79 Å². The highest BCUT2D eigenvalue weighted by atomic mass is 35.5. The molecule has 164 valence electrons. The first-order chi connectivity index (χ1) is 14.8. The minimum absolute atomic E-state index is 0.112. The molecule has 0 unspecified atom stereocenters. The Morgan fingerprint density at radius 3 is 2.68 bits per heavy atom. The van der Waals surface area contributed by atoms with Crippen LogP contribution < -0.4 is 5.32 Å². The number of amides is 1. The lowest BCUT2D eigenvalue weighted by Crippen LogP contribution is -2.27. The number of hydrogen-bond donors (Lipinski definition) is 1. The first-order valence-corrected chi connectivity index (χ1v) is 11.9. The smallest absolute Gasteiger partial charge is 0.273 e. The Hall–Kier alpha value is -2.33. The fraction of sp³-hybridized carbons (Fsp3) is 0.300. The normalized spacial score (nSPS) is 14.8. The highest BCUT2D eigenvalue weighted by molar-refractivity contribution is 7.89. The predicted molar refractivity (Wildman–Crippen MR) is 119 cm³/mol. The molecule has 0 saturated carbocycles. The topological polar surface area (TPSA) is 89.2 Å². The van der Waals surface area contributed by atoms with E-state index in [0.29, 0.717) is 35.5 Å². The number of rotatable bonds is 6. The lowest BCUT2D eigenvalue weighted by Gasteiger charge is -2.13. The molecule has 1 aliphatic heterocycles. The Balaban J connectivity index is 1.54. The molecule has 8 nitrogen and oxygen atoms in total. The van der Waals surface area contributed by atoms with Crippen LogP contribution in [0, 0.1) is 0 Å². The molecular weight excluding hydrogens is 461 g/mol. The minimum Gasteiger partial charge on any atom is -0.345 e.